The molecule has 156 valence electrons. The predicted molar refractivity (Wildman–Crippen MR) is 134 cm³/mol. The lowest BCUT2D eigenvalue weighted by Gasteiger charge is -2.16. The molecule has 0 saturated heterocycles. The SMILES string of the molecule is O=c1c2ccccc2n(-c2nc(-c3ccccc3)cc(-c3ccccc3)n2)c2ccccc12. The number of pyridine rings is 1. The molecule has 4 aromatic carbocycles. The zero-order valence-electron chi connectivity index (χ0n) is 17.7. The summed E-state index contributed by atoms with van der Waals surface area (Å²) in [5, 5.41) is 1.29. The summed E-state index contributed by atoms with van der Waals surface area (Å²) in [6, 6.07) is 37.5. The molecular formula is C29H19N3O. The maximum atomic E-state index is 13.2. The van der Waals surface area contributed by atoms with E-state index in [0.717, 1.165) is 33.5 Å². The van der Waals surface area contributed by atoms with E-state index in [1.807, 2.05) is 120 Å². The second kappa shape index (κ2) is 7.84. The molecule has 0 amide bonds. The number of hydrogen-bond donors (Lipinski definition) is 0. The Hall–Kier alpha value is -4.57. The van der Waals surface area contributed by atoms with E-state index < -0.39 is 0 Å². The van der Waals surface area contributed by atoms with Gasteiger partial charge in [0.25, 0.3) is 0 Å². The van der Waals surface area contributed by atoms with Gasteiger partial charge in [0.15, 0.2) is 5.43 Å². The van der Waals surface area contributed by atoms with Crippen LogP contribution in [0.5, 0.6) is 0 Å². The van der Waals surface area contributed by atoms with Gasteiger partial charge in [0.05, 0.1) is 22.4 Å². The van der Waals surface area contributed by atoms with Gasteiger partial charge in [-0.2, -0.15) is 0 Å². The summed E-state index contributed by atoms with van der Waals surface area (Å²) < 4.78 is 1.99. The smallest absolute Gasteiger partial charge is 0.235 e. The normalized spacial score (nSPS) is 11.2. The molecule has 0 unspecified atom stereocenters. The molecule has 0 saturated carbocycles. The van der Waals surface area contributed by atoms with Gasteiger partial charge in [-0.25, -0.2) is 9.97 Å². The van der Waals surface area contributed by atoms with E-state index in [-0.39, 0.29) is 5.43 Å². The maximum absolute atomic E-state index is 13.2. The Bertz CT molecular complexity index is 1560. The summed E-state index contributed by atoms with van der Waals surface area (Å²) in [5.41, 5.74) is 5.24. The van der Waals surface area contributed by atoms with Gasteiger partial charge in [-0.1, -0.05) is 84.9 Å². The van der Waals surface area contributed by atoms with Crippen LogP contribution in [0.25, 0.3) is 50.3 Å². The molecule has 2 heterocycles. The Morgan fingerprint density at radius 1 is 0.515 bits per heavy atom. The molecule has 33 heavy (non-hydrogen) atoms. The number of benzene rings is 4. The highest BCUT2D eigenvalue weighted by atomic mass is 16.1. The molecule has 2 aromatic heterocycles. The summed E-state index contributed by atoms with van der Waals surface area (Å²) in [4.78, 5) is 23.2. The van der Waals surface area contributed by atoms with Crippen LogP contribution in [-0.2, 0) is 0 Å². The van der Waals surface area contributed by atoms with Crippen LogP contribution < -0.4 is 5.43 Å². The molecule has 4 nitrogen and oxygen atoms in total. The summed E-state index contributed by atoms with van der Waals surface area (Å²) in [6.45, 7) is 0. The van der Waals surface area contributed by atoms with Crippen molar-refractivity contribution in [1.82, 2.24) is 14.5 Å². The summed E-state index contributed by atoms with van der Waals surface area (Å²) in [6.07, 6.45) is 0. The number of aromatic nitrogens is 3. The van der Waals surface area contributed by atoms with E-state index in [1.54, 1.807) is 0 Å². The van der Waals surface area contributed by atoms with Gasteiger partial charge in [0.2, 0.25) is 5.95 Å². The van der Waals surface area contributed by atoms with Gasteiger partial charge in [-0.15, -0.1) is 0 Å². The zero-order chi connectivity index (χ0) is 22.2. The maximum Gasteiger partial charge on any atom is 0.235 e. The third kappa shape index (κ3) is 3.29. The number of nitrogens with zero attached hydrogens (tertiary/aromatic N) is 3. The fourth-order valence-corrected chi connectivity index (χ4v) is 4.26. The van der Waals surface area contributed by atoms with Gasteiger partial charge in [0.1, 0.15) is 0 Å². The molecule has 0 aliphatic heterocycles. The predicted octanol–water partition coefficient (Wildman–Crippen LogP) is 6.27. The van der Waals surface area contributed by atoms with Gasteiger partial charge in [-0.3, -0.25) is 9.36 Å². The third-order valence-corrected chi connectivity index (χ3v) is 5.83. The standard InChI is InChI=1S/C29H19N3O/c33-28-22-15-7-9-17-26(22)32(27-18-10-8-16-23(27)28)29-30-24(20-11-3-1-4-12-20)19-25(31-29)21-13-5-2-6-14-21/h1-19H. The highest BCUT2D eigenvalue weighted by Gasteiger charge is 2.16. The lowest BCUT2D eigenvalue weighted by Crippen LogP contribution is -2.13. The van der Waals surface area contributed by atoms with Crippen molar-refractivity contribution in [1.29, 1.82) is 0 Å². The summed E-state index contributed by atoms with van der Waals surface area (Å²) in [5.74, 6) is 0.530. The molecule has 0 fully saturated rings. The van der Waals surface area contributed by atoms with Crippen molar-refractivity contribution < 1.29 is 0 Å². The van der Waals surface area contributed by atoms with E-state index in [1.165, 1.54) is 0 Å². The topological polar surface area (TPSA) is 47.8 Å². The van der Waals surface area contributed by atoms with Gasteiger partial charge < -0.3 is 0 Å². The fraction of sp³-hybridized carbons (Fsp3) is 0. The minimum absolute atomic E-state index is 0.0138. The third-order valence-electron chi connectivity index (χ3n) is 5.83. The number of fused-ring (bicyclic) bond motifs is 2. The van der Waals surface area contributed by atoms with Gasteiger partial charge in [0, 0.05) is 21.9 Å². The molecule has 6 aromatic rings. The van der Waals surface area contributed by atoms with Crippen molar-refractivity contribution in [3.05, 3.63) is 125 Å². The van der Waals surface area contributed by atoms with Crippen LogP contribution in [0.4, 0.5) is 0 Å². The highest BCUT2D eigenvalue weighted by Crippen LogP contribution is 2.28. The number of para-hydroxylation sites is 2. The summed E-state index contributed by atoms with van der Waals surface area (Å²) >= 11 is 0. The average Bonchev–Trinajstić information content (AvgIpc) is 2.90. The Labute approximate surface area is 190 Å². The molecule has 4 heteroatoms. The Morgan fingerprint density at radius 3 is 1.42 bits per heavy atom. The van der Waals surface area contributed by atoms with Crippen molar-refractivity contribution in [2.24, 2.45) is 0 Å². The van der Waals surface area contributed by atoms with Crippen LogP contribution in [0, 0.1) is 0 Å². The van der Waals surface area contributed by atoms with Crippen LogP contribution in [0.15, 0.2) is 120 Å². The molecule has 0 radical (unpaired) electrons. The van der Waals surface area contributed by atoms with Crippen LogP contribution in [0.3, 0.4) is 0 Å². The van der Waals surface area contributed by atoms with E-state index in [4.69, 9.17) is 9.97 Å². The van der Waals surface area contributed by atoms with Crippen molar-refractivity contribution in [3.8, 4) is 28.5 Å². The quantitative estimate of drug-likeness (QED) is 0.314. The van der Waals surface area contributed by atoms with Crippen molar-refractivity contribution >= 4 is 21.8 Å². The first-order valence-corrected chi connectivity index (χ1v) is 10.8. The molecule has 0 N–H and O–H groups in total. The lowest BCUT2D eigenvalue weighted by atomic mass is 10.1. The lowest BCUT2D eigenvalue weighted by molar-refractivity contribution is 0.989. The molecule has 0 atom stereocenters. The Balaban J connectivity index is 1.74. The second-order valence-electron chi connectivity index (χ2n) is 7.87. The first kappa shape index (κ1) is 19.1. The Morgan fingerprint density at radius 2 is 0.939 bits per heavy atom. The van der Waals surface area contributed by atoms with E-state index in [0.29, 0.717) is 16.7 Å². The largest absolute Gasteiger partial charge is 0.288 e. The monoisotopic (exact) mass is 425 g/mol. The highest BCUT2D eigenvalue weighted by molar-refractivity contribution is 5.95. The molecule has 0 bridgehead atoms. The van der Waals surface area contributed by atoms with Crippen LogP contribution >= 0.6 is 0 Å². The van der Waals surface area contributed by atoms with Crippen molar-refractivity contribution in [2.45, 2.75) is 0 Å². The molecule has 0 aliphatic carbocycles. The van der Waals surface area contributed by atoms with Crippen LogP contribution in [0.2, 0.25) is 0 Å². The second-order valence-corrected chi connectivity index (χ2v) is 7.87. The van der Waals surface area contributed by atoms with Crippen molar-refractivity contribution in [2.75, 3.05) is 0 Å². The average molecular weight is 425 g/mol. The van der Waals surface area contributed by atoms with Crippen LogP contribution in [0.1, 0.15) is 0 Å². The van der Waals surface area contributed by atoms with E-state index in [9.17, 15) is 4.79 Å². The first-order chi connectivity index (χ1) is 16.3. The Kier molecular flexibility index (Phi) is 4.55. The summed E-state index contributed by atoms with van der Waals surface area (Å²) in [7, 11) is 0. The van der Waals surface area contributed by atoms with Gasteiger partial charge in [-0.05, 0) is 30.3 Å². The van der Waals surface area contributed by atoms with Crippen LogP contribution in [-0.4, -0.2) is 14.5 Å². The zero-order valence-corrected chi connectivity index (χ0v) is 17.7. The van der Waals surface area contributed by atoms with E-state index >= 15 is 0 Å². The van der Waals surface area contributed by atoms with Gasteiger partial charge >= 0.3 is 0 Å². The fourth-order valence-electron chi connectivity index (χ4n) is 4.26. The molecule has 0 aliphatic rings. The molecule has 6 rings (SSSR count). The number of hydrogen-bond acceptors (Lipinski definition) is 3. The minimum Gasteiger partial charge on any atom is -0.288 e. The number of rotatable bonds is 3. The minimum atomic E-state index is 0.0138. The van der Waals surface area contributed by atoms with E-state index in [2.05, 4.69) is 0 Å². The molecular weight excluding hydrogens is 406 g/mol. The molecule has 0 spiro atoms. The first-order valence-electron chi connectivity index (χ1n) is 10.8. The van der Waals surface area contributed by atoms with Crippen molar-refractivity contribution in [3.63, 3.8) is 0 Å².